The predicted octanol–water partition coefficient (Wildman–Crippen LogP) is 3.62. The number of phenolic OH excluding ortho intramolecular Hbond substituents is 2. The van der Waals surface area contributed by atoms with E-state index in [1.54, 1.807) is 36.4 Å². The lowest BCUT2D eigenvalue weighted by Crippen LogP contribution is -2.33. The van der Waals surface area contributed by atoms with Gasteiger partial charge in [0.25, 0.3) is 0 Å². The lowest BCUT2D eigenvalue weighted by molar-refractivity contribution is -0.114. The molecule has 3 N–H and O–H groups in total. The lowest BCUT2D eigenvalue weighted by atomic mass is 9.77. The van der Waals surface area contributed by atoms with Crippen molar-refractivity contribution in [2.75, 3.05) is 5.32 Å². The monoisotopic (exact) mass is 389 g/mol. The van der Waals surface area contributed by atoms with Crippen LogP contribution in [0.2, 0.25) is 0 Å². The van der Waals surface area contributed by atoms with E-state index < -0.39 is 17.5 Å². The standard InChI is InChI=1S/C22H15NO6/c1-11(24)23-19-17(26)9-8-16-20(19)28-18-10-12(25)6-7-15(18)22(16)14-5-3-2-4-13(14)21(27)29-22/h2-10,25-26H,1H3,(H,23,24). The van der Waals surface area contributed by atoms with E-state index in [1.807, 2.05) is 0 Å². The number of carbonyl (C=O) groups excluding carboxylic acids is 2. The molecule has 7 nitrogen and oxygen atoms in total. The first kappa shape index (κ1) is 17.1. The van der Waals surface area contributed by atoms with Gasteiger partial charge in [0, 0.05) is 24.1 Å². The number of benzene rings is 3. The highest BCUT2D eigenvalue weighted by Crippen LogP contribution is 2.59. The van der Waals surface area contributed by atoms with E-state index in [2.05, 4.69) is 5.32 Å². The van der Waals surface area contributed by atoms with Gasteiger partial charge < -0.3 is 25.0 Å². The molecule has 3 aromatic carbocycles. The molecule has 29 heavy (non-hydrogen) atoms. The number of phenols is 2. The van der Waals surface area contributed by atoms with Crippen LogP contribution >= 0.6 is 0 Å². The Labute approximate surface area is 165 Å². The third-order valence-corrected chi connectivity index (χ3v) is 5.14. The Hall–Kier alpha value is -4.00. The number of anilines is 1. The van der Waals surface area contributed by atoms with Crippen molar-refractivity contribution >= 4 is 17.6 Å². The Kier molecular flexibility index (Phi) is 3.39. The Morgan fingerprint density at radius 1 is 1.00 bits per heavy atom. The third-order valence-electron chi connectivity index (χ3n) is 5.14. The number of hydrogen-bond donors (Lipinski definition) is 3. The predicted molar refractivity (Wildman–Crippen MR) is 102 cm³/mol. The third kappa shape index (κ3) is 2.24. The van der Waals surface area contributed by atoms with E-state index in [4.69, 9.17) is 9.47 Å². The van der Waals surface area contributed by atoms with Gasteiger partial charge in [-0.3, -0.25) is 4.79 Å². The number of fused-ring (bicyclic) bond motifs is 6. The number of aromatic hydroxyl groups is 2. The number of ether oxygens (including phenoxy) is 2. The minimum atomic E-state index is -1.34. The fourth-order valence-corrected chi connectivity index (χ4v) is 4.01. The molecule has 2 aliphatic heterocycles. The molecule has 5 rings (SSSR count). The van der Waals surface area contributed by atoms with Gasteiger partial charge in [-0.05, 0) is 30.3 Å². The second-order valence-corrected chi connectivity index (χ2v) is 6.92. The van der Waals surface area contributed by atoms with E-state index in [0.717, 1.165) is 0 Å². The van der Waals surface area contributed by atoms with Crippen LogP contribution in [0, 0.1) is 0 Å². The summed E-state index contributed by atoms with van der Waals surface area (Å²) in [4.78, 5) is 24.4. The van der Waals surface area contributed by atoms with Gasteiger partial charge in [0.2, 0.25) is 5.91 Å². The van der Waals surface area contributed by atoms with E-state index >= 15 is 0 Å². The maximum atomic E-state index is 12.7. The normalized spacial score (nSPS) is 18.3. The fraction of sp³-hybridized carbons (Fsp3) is 0.0909. The van der Waals surface area contributed by atoms with Gasteiger partial charge in [0.05, 0.1) is 11.1 Å². The van der Waals surface area contributed by atoms with Crippen LogP contribution in [0.15, 0.2) is 54.6 Å². The fourth-order valence-electron chi connectivity index (χ4n) is 4.01. The van der Waals surface area contributed by atoms with E-state index in [9.17, 15) is 19.8 Å². The van der Waals surface area contributed by atoms with Gasteiger partial charge in [-0.15, -0.1) is 0 Å². The molecule has 1 atom stereocenters. The summed E-state index contributed by atoms with van der Waals surface area (Å²) in [6.07, 6.45) is 0. The summed E-state index contributed by atoms with van der Waals surface area (Å²) in [7, 11) is 0. The Balaban J connectivity index is 1.89. The molecule has 1 amide bonds. The molecule has 0 bridgehead atoms. The molecule has 1 unspecified atom stereocenters. The summed E-state index contributed by atoms with van der Waals surface area (Å²) in [6.45, 7) is 1.31. The van der Waals surface area contributed by atoms with Crippen molar-refractivity contribution in [3.05, 3.63) is 76.9 Å². The molecular weight excluding hydrogens is 374 g/mol. The van der Waals surface area contributed by atoms with Gasteiger partial charge >= 0.3 is 5.97 Å². The lowest BCUT2D eigenvalue weighted by Gasteiger charge is -2.37. The summed E-state index contributed by atoms with van der Waals surface area (Å²) in [5.74, 6) is -0.753. The molecule has 2 aliphatic rings. The SMILES string of the molecule is CC(=O)Nc1c(O)ccc2c1Oc1cc(O)ccc1C21OC(=O)c2ccccc21. The van der Waals surface area contributed by atoms with Crippen LogP contribution in [0.5, 0.6) is 23.0 Å². The average Bonchev–Trinajstić information content (AvgIpc) is 2.97. The highest BCUT2D eigenvalue weighted by molar-refractivity contribution is 5.98. The van der Waals surface area contributed by atoms with Crippen LogP contribution in [0.4, 0.5) is 5.69 Å². The Morgan fingerprint density at radius 2 is 1.76 bits per heavy atom. The topological polar surface area (TPSA) is 105 Å². The first-order valence-electron chi connectivity index (χ1n) is 8.90. The minimum absolute atomic E-state index is 0.0406. The van der Waals surface area contributed by atoms with Crippen molar-refractivity contribution in [1.29, 1.82) is 0 Å². The van der Waals surface area contributed by atoms with Crippen LogP contribution in [-0.4, -0.2) is 22.1 Å². The van der Waals surface area contributed by atoms with Crippen LogP contribution in [0.3, 0.4) is 0 Å². The molecule has 1 spiro atoms. The number of amides is 1. The number of rotatable bonds is 1. The molecule has 0 saturated carbocycles. The summed E-state index contributed by atoms with van der Waals surface area (Å²) in [5, 5.41) is 22.9. The van der Waals surface area contributed by atoms with Gasteiger partial charge in [-0.1, -0.05) is 18.2 Å². The van der Waals surface area contributed by atoms with Gasteiger partial charge in [-0.2, -0.15) is 0 Å². The van der Waals surface area contributed by atoms with Crippen molar-refractivity contribution in [1.82, 2.24) is 0 Å². The molecule has 7 heteroatoms. The summed E-state index contributed by atoms with van der Waals surface area (Å²) in [5.41, 5.74) is 0.722. The zero-order valence-electron chi connectivity index (χ0n) is 15.2. The summed E-state index contributed by atoms with van der Waals surface area (Å²) < 4.78 is 11.9. The molecule has 0 aromatic heterocycles. The Bertz CT molecular complexity index is 1220. The quantitative estimate of drug-likeness (QED) is 0.434. The van der Waals surface area contributed by atoms with Crippen LogP contribution < -0.4 is 10.1 Å². The zero-order valence-corrected chi connectivity index (χ0v) is 15.2. The maximum Gasteiger partial charge on any atom is 0.340 e. The molecule has 0 radical (unpaired) electrons. The van der Waals surface area contributed by atoms with Crippen LogP contribution in [-0.2, 0) is 15.1 Å². The molecule has 2 heterocycles. The van der Waals surface area contributed by atoms with Crippen molar-refractivity contribution in [2.24, 2.45) is 0 Å². The number of esters is 1. The largest absolute Gasteiger partial charge is 0.508 e. The molecule has 0 aliphatic carbocycles. The number of hydrogen-bond acceptors (Lipinski definition) is 6. The average molecular weight is 389 g/mol. The van der Waals surface area contributed by atoms with Crippen molar-refractivity contribution in [3.8, 4) is 23.0 Å². The van der Waals surface area contributed by atoms with Gasteiger partial charge in [0.15, 0.2) is 11.4 Å². The summed E-state index contributed by atoms with van der Waals surface area (Å²) in [6, 6.07) is 14.5. The number of carbonyl (C=O) groups is 2. The summed E-state index contributed by atoms with van der Waals surface area (Å²) >= 11 is 0. The van der Waals surface area contributed by atoms with Gasteiger partial charge in [-0.25, -0.2) is 4.79 Å². The molecular formula is C22H15NO6. The molecule has 144 valence electrons. The van der Waals surface area contributed by atoms with Crippen LogP contribution in [0.1, 0.15) is 34.0 Å². The van der Waals surface area contributed by atoms with Crippen LogP contribution in [0.25, 0.3) is 0 Å². The smallest absolute Gasteiger partial charge is 0.340 e. The molecule has 3 aromatic rings. The maximum absolute atomic E-state index is 12.7. The first-order chi connectivity index (χ1) is 13.9. The van der Waals surface area contributed by atoms with E-state index in [0.29, 0.717) is 22.3 Å². The zero-order chi connectivity index (χ0) is 20.3. The van der Waals surface area contributed by atoms with E-state index in [-0.39, 0.29) is 28.7 Å². The van der Waals surface area contributed by atoms with Gasteiger partial charge in [0.1, 0.15) is 22.9 Å². The minimum Gasteiger partial charge on any atom is -0.508 e. The first-order valence-corrected chi connectivity index (χ1v) is 8.90. The number of nitrogens with one attached hydrogen (secondary N) is 1. The molecule has 0 fully saturated rings. The highest BCUT2D eigenvalue weighted by Gasteiger charge is 2.54. The van der Waals surface area contributed by atoms with E-state index in [1.165, 1.54) is 25.1 Å². The highest BCUT2D eigenvalue weighted by atomic mass is 16.6. The van der Waals surface area contributed by atoms with Crippen molar-refractivity contribution in [3.63, 3.8) is 0 Å². The Morgan fingerprint density at radius 3 is 2.55 bits per heavy atom. The van der Waals surface area contributed by atoms with Crippen molar-refractivity contribution < 1.29 is 29.3 Å². The molecule has 0 saturated heterocycles. The second-order valence-electron chi connectivity index (χ2n) is 6.92. The van der Waals surface area contributed by atoms with Crippen molar-refractivity contribution in [2.45, 2.75) is 12.5 Å². The second kappa shape index (κ2) is 5.75.